The summed E-state index contributed by atoms with van der Waals surface area (Å²) < 4.78 is 5.76. The van der Waals surface area contributed by atoms with E-state index in [-0.39, 0.29) is 5.69 Å². The smallest absolute Gasteiger partial charge is 0.291 e. The zero-order valence-electron chi connectivity index (χ0n) is 13.7. The standard InChI is InChI=1S/C19H15ClN4O2/c20-16-6-4-14(5-7-16)13-26-17-3-1-2-15(10-17)11-23-24-19(25)18-12-21-8-9-22-18/h1-12H,13H2,(H,24,25)/b23-11-. The molecule has 0 saturated carbocycles. The van der Waals surface area contributed by atoms with Gasteiger partial charge in [-0.1, -0.05) is 35.9 Å². The highest BCUT2D eigenvalue weighted by molar-refractivity contribution is 6.30. The van der Waals surface area contributed by atoms with Crippen molar-refractivity contribution in [2.45, 2.75) is 6.61 Å². The van der Waals surface area contributed by atoms with Crippen molar-refractivity contribution in [3.63, 3.8) is 0 Å². The van der Waals surface area contributed by atoms with Crippen molar-refractivity contribution in [2.75, 3.05) is 0 Å². The van der Waals surface area contributed by atoms with Gasteiger partial charge in [-0.15, -0.1) is 0 Å². The minimum atomic E-state index is -0.426. The highest BCUT2D eigenvalue weighted by atomic mass is 35.5. The van der Waals surface area contributed by atoms with E-state index in [4.69, 9.17) is 16.3 Å². The molecule has 1 heterocycles. The van der Waals surface area contributed by atoms with Crippen LogP contribution in [0.4, 0.5) is 0 Å². The van der Waals surface area contributed by atoms with Gasteiger partial charge >= 0.3 is 0 Å². The maximum absolute atomic E-state index is 11.8. The molecule has 0 aliphatic carbocycles. The summed E-state index contributed by atoms with van der Waals surface area (Å²) in [5.74, 6) is 0.272. The van der Waals surface area contributed by atoms with Crippen LogP contribution in [0.1, 0.15) is 21.6 Å². The van der Waals surface area contributed by atoms with Gasteiger partial charge in [-0.25, -0.2) is 10.4 Å². The Kier molecular flexibility index (Phi) is 5.90. The van der Waals surface area contributed by atoms with Gasteiger partial charge in [0.1, 0.15) is 18.1 Å². The zero-order chi connectivity index (χ0) is 18.2. The minimum absolute atomic E-state index is 0.199. The van der Waals surface area contributed by atoms with Crippen molar-refractivity contribution >= 4 is 23.7 Å². The largest absolute Gasteiger partial charge is 0.489 e. The predicted octanol–water partition coefficient (Wildman–Crippen LogP) is 3.47. The lowest BCUT2D eigenvalue weighted by molar-refractivity contribution is 0.0949. The van der Waals surface area contributed by atoms with Gasteiger partial charge in [0.15, 0.2) is 0 Å². The number of rotatable bonds is 6. The molecule has 1 N–H and O–H groups in total. The van der Waals surface area contributed by atoms with Crippen LogP contribution in [0.2, 0.25) is 5.02 Å². The van der Waals surface area contributed by atoms with Gasteiger partial charge in [-0.05, 0) is 35.4 Å². The molecule has 0 aliphatic heterocycles. The van der Waals surface area contributed by atoms with E-state index >= 15 is 0 Å². The minimum Gasteiger partial charge on any atom is -0.489 e. The van der Waals surface area contributed by atoms with Gasteiger partial charge in [0.2, 0.25) is 0 Å². The summed E-state index contributed by atoms with van der Waals surface area (Å²) in [5, 5.41) is 4.61. The lowest BCUT2D eigenvalue weighted by atomic mass is 10.2. The molecule has 0 aliphatic rings. The quantitative estimate of drug-likeness (QED) is 0.535. The molecule has 130 valence electrons. The third kappa shape index (κ3) is 5.12. The first-order chi connectivity index (χ1) is 12.7. The molecule has 7 heteroatoms. The second-order valence-electron chi connectivity index (χ2n) is 5.28. The first-order valence-corrected chi connectivity index (χ1v) is 8.15. The first kappa shape index (κ1) is 17.6. The van der Waals surface area contributed by atoms with E-state index in [0.29, 0.717) is 17.4 Å². The van der Waals surface area contributed by atoms with Crippen LogP contribution in [0.5, 0.6) is 5.75 Å². The highest BCUT2D eigenvalue weighted by Gasteiger charge is 2.04. The molecule has 0 radical (unpaired) electrons. The van der Waals surface area contributed by atoms with Gasteiger partial charge in [0, 0.05) is 17.4 Å². The summed E-state index contributed by atoms with van der Waals surface area (Å²) in [4.78, 5) is 19.6. The maximum Gasteiger partial charge on any atom is 0.291 e. The number of nitrogens with one attached hydrogen (secondary N) is 1. The highest BCUT2D eigenvalue weighted by Crippen LogP contribution is 2.15. The van der Waals surface area contributed by atoms with E-state index < -0.39 is 5.91 Å². The Morgan fingerprint density at radius 1 is 1.19 bits per heavy atom. The molecule has 6 nitrogen and oxygen atoms in total. The average Bonchev–Trinajstić information content (AvgIpc) is 2.68. The number of carbonyl (C=O) groups excluding carboxylic acids is 1. The van der Waals surface area contributed by atoms with Gasteiger partial charge in [0.05, 0.1) is 12.4 Å². The van der Waals surface area contributed by atoms with Gasteiger partial charge in [0.25, 0.3) is 5.91 Å². The molecule has 2 aromatic carbocycles. The van der Waals surface area contributed by atoms with E-state index in [1.54, 1.807) is 0 Å². The Bertz CT molecular complexity index is 899. The van der Waals surface area contributed by atoms with E-state index in [1.807, 2.05) is 48.5 Å². The Morgan fingerprint density at radius 3 is 2.81 bits per heavy atom. The number of benzene rings is 2. The summed E-state index contributed by atoms with van der Waals surface area (Å²) >= 11 is 5.87. The second-order valence-corrected chi connectivity index (χ2v) is 5.71. The number of carbonyl (C=O) groups is 1. The van der Waals surface area contributed by atoms with Crippen LogP contribution in [0.25, 0.3) is 0 Å². The van der Waals surface area contributed by atoms with E-state index in [0.717, 1.165) is 11.1 Å². The number of nitrogens with zero attached hydrogens (tertiary/aromatic N) is 3. The summed E-state index contributed by atoms with van der Waals surface area (Å²) in [6.07, 6.45) is 5.84. The van der Waals surface area contributed by atoms with Crippen LogP contribution >= 0.6 is 11.6 Å². The van der Waals surface area contributed by atoms with E-state index in [9.17, 15) is 4.79 Å². The van der Waals surface area contributed by atoms with Crippen LogP contribution in [0.15, 0.2) is 72.2 Å². The molecule has 0 saturated heterocycles. The maximum atomic E-state index is 11.8. The number of hydrogen-bond donors (Lipinski definition) is 1. The average molecular weight is 367 g/mol. The third-order valence-electron chi connectivity index (χ3n) is 3.35. The third-order valence-corrected chi connectivity index (χ3v) is 3.60. The Balaban J connectivity index is 1.56. The van der Waals surface area contributed by atoms with Crippen LogP contribution in [-0.4, -0.2) is 22.1 Å². The van der Waals surface area contributed by atoms with Crippen LogP contribution in [0, 0.1) is 0 Å². The lowest BCUT2D eigenvalue weighted by Crippen LogP contribution is -2.19. The Morgan fingerprint density at radius 2 is 2.04 bits per heavy atom. The molecule has 1 amide bonds. The second kappa shape index (κ2) is 8.73. The first-order valence-electron chi connectivity index (χ1n) is 7.77. The van der Waals surface area contributed by atoms with Gasteiger partial charge in [-0.3, -0.25) is 9.78 Å². The molecule has 1 aromatic heterocycles. The van der Waals surface area contributed by atoms with Crippen LogP contribution in [-0.2, 0) is 6.61 Å². The van der Waals surface area contributed by atoms with Crippen molar-refractivity contribution in [1.29, 1.82) is 0 Å². The topological polar surface area (TPSA) is 76.5 Å². The number of ether oxygens (including phenoxy) is 1. The van der Waals surface area contributed by atoms with Crippen molar-refractivity contribution < 1.29 is 9.53 Å². The van der Waals surface area contributed by atoms with Crippen molar-refractivity contribution in [2.24, 2.45) is 5.10 Å². The molecule has 0 bridgehead atoms. The molecule has 0 atom stereocenters. The summed E-state index contributed by atoms with van der Waals surface area (Å²) in [6.45, 7) is 0.432. The number of hydrazone groups is 1. The Hall–Kier alpha value is -3.25. The van der Waals surface area contributed by atoms with E-state index in [2.05, 4.69) is 20.5 Å². The summed E-state index contributed by atoms with van der Waals surface area (Å²) in [6, 6.07) is 14.9. The molecule has 3 rings (SSSR count). The van der Waals surface area contributed by atoms with Gasteiger partial charge < -0.3 is 4.74 Å². The number of hydrogen-bond acceptors (Lipinski definition) is 5. The summed E-state index contributed by atoms with van der Waals surface area (Å²) in [5.41, 5.74) is 4.41. The molecular weight excluding hydrogens is 352 g/mol. The molecule has 0 unspecified atom stereocenters. The Labute approximate surface area is 155 Å². The lowest BCUT2D eigenvalue weighted by Gasteiger charge is -2.07. The molecule has 0 spiro atoms. The van der Waals surface area contributed by atoms with Gasteiger partial charge in [-0.2, -0.15) is 5.10 Å². The number of amides is 1. The number of halogens is 1. The fraction of sp³-hybridized carbons (Fsp3) is 0.0526. The molecule has 3 aromatic rings. The normalized spacial score (nSPS) is 10.7. The van der Waals surface area contributed by atoms with Crippen molar-refractivity contribution in [3.8, 4) is 5.75 Å². The number of aromatic nitrogens is 2. The molecular formula is C19H15ClN4O2. The predicted molar refractivity (Wildman–Crippen MR) is 99.3 cm³/mol. The van der Waals surface area contributed by atoms with Crippen LogP contribution < -0.4 is 10.2 Å². The summed E-state index contributed by atoms with van der Waals surface area (Å²) in [7, 11) is 0. The van der Waals surface area contributed by atoms with Crippen molar-refractivity contribution in [1.82, 2.24) is 15.4 Å². The fourth-order valence-corrected chi connectivity index (χ4v) is 2.20. The molecule has 26 heavy (non-hydrogen) atoms. The molecule has 0 fully saturated rings. The van der Waals surface area contributed by atoms with Crippen LogP contribution in [0.3, 0.4) is 0 Å². The fourth-order valence-electron chi connectivity index (χ4n) is 2.07. The SMILES string of the molecule is O=C(N/N=C\c1cccc(OCc2ccc(Cl)cc2)c1)c1cnccn1. The van der Waals surface area contributed by atoms with E-state index in [1.165, 1.54) is 24.8 Å². The van der Waals surface area contributed by atoms with Crippen molar-refractivity contribution in [3.05, 3.63) is 89.0 Å². The zero-order valence-corrected chi connectivity index (χ0v) is 14.4. The monoisotopic (exact) mass is 366 g/mol.